The molecule has 1 atom stereocenters. The third-order valence-electron chi connectivity index (χ3n) is 3.52. The Kier molecular flexibility index (Phi) is 9.31. The quantitative estimate of drug-likeness (QED) is 0.677. The molecule has 0 saturated heterocycles. The highest BCUT2D eigenvalue weighted by molar-refractivity contribution is 5.19. The van der Waals surface area contributed by atoms with E-state index in [4.69, 9.17) is 4.74 Å². The molecule has 1 unspecified atom stereocenters. The van der Waals surface area contributed by atoms with Gasteiger partial charge in [-0.15, -0.1) is 0 Å². The van der Waals surface area contributed by atoms with Gasteiger partial charge in [0.25, 0.3) is 0 Å². The standard InChI is InChI=1S/C18H32N2O/c1-5-11-19-18(17-9-7-6-8-10-17)15-20(12-13-21-4)14-16(2)3/h6-10,16,18-19H,5,11-15H2,1-4H3. The molecule has 0 aromatic heterocycles. The van der Waals surface area contributed by atoms with Gasteiger partial charge in [-0.2, -0.15) is 0 Å². The Morgan fingerprint density at radius 1 is 1.14 bits per heavy atom. The molecule has 21 heavy (non-hydrogen) atoms. The first-order chi connectivity index (χ1) is 10.2. The summed E-state index contributed by atoms with van der Waals surface area (Å²) in [6.07, 6.45) is 1.16. The highest BCUT2D eigenvalue weighted by atomic mass is 16.5. The summed E-state index contributed by atoms with van der Waals surface area (Å²) in [7, 11) is 1.78. The number of hydrogen-bond acceptors (Lipinski definition) is 3. The number of hydrogen-bond donors (Lipinski definition) is 1. The first kappa shape index (κ1) is 18.1. The Balaban J connectivity index is 2.70. The van der Waals surface area contributed by atoms with Crippen LogP contribution < -0.4 is 5.32 Å². The Hall–Kier alpha value is -0.900. The van der Waals surface area contributed by atoms with Crippen LogP contribution in [0.3, 0.4) is 0 Å². The fourth-order valence-electron chi connectivity index (χ4n) is 2.54. The summed E-state index contributed by atoms with van der Waals surface area (Å²) < 4.78 is 5.26. The van der Waals surface area contributed by atoms with Gasteiger partial charge < -0.3 is 10.1 Å². The maximum atomic E-state index is 5.26. The maximum Gasteiger partial charge on any atom is 0.0589 e. The monoisotopic (exact) mass is 292 g/mol. The van der Waals surface area contributed by atoms with Crippen LogP contribution in [-0.2, 0) is 4.74 Å². The van der Waals surface area contributed by atoms with E-state index in [1.807, 2.05) is 0 Å². The van der Waals surface area contributed by atoms with Crippen molar-refractivity contribution in [1.82, 2.24) is 10.2 Å². The summed E-state index contributed by atoms with van der Waals surface area (Å²) in [5.41, 5.74) is 1.37. The van der Waals surface area contributed by atoms with Crippen molar-refractivity contribution in [2.24, 2.45) is 5.92 Å². The van der Waals surface area contributed by atoms with Crippen molar-refractivity contribution in [3.05, 3.63) is 35.9 Å². The van der Waals surface area contributed by atoms with Crippen LogP contribution in [0.5, 0.6) is 0 Å². The van der Waals surface area contributed by atoms with Gasteiger partial charge in [0.2, 0.25) is 0 Å². The maximum absolute atomic E-state index is 5.26. The van der Waals surface area contributed by atoms with Gasteiger partial charge in [0, 0.05) is 32.8 Å². The zero-order valence-electron chi connectivity index (χ0n) is 14.1. The van der Waals surface area contributed by atoms with Gasteiger partial charge in [-0.3, -0.25) is 4.90 Å². The minimum absolute atomic E-state index is 0.391. The number of methoxy groups -OCH3 is 1. The van der Waals surface area contributed by atoms with Crippen molar-refractivity contribution < 1.29 is 4.74 Å². The number of ether oxygens (including phenoxy) is 1. The summed E-state index contributed by atoms with van der Waals surface area (Å²) in [5.74, 6) is 0.671. The molecule has 0 bridgehead atoms. The zero-order valence-corrected chi connectivity index (χ0v) is 14.1. The van der Waals surface area contributed by atoms with E-state index in [1.165, 1.54) is 5.56 Å². The van der Waals surface area contributed by atoms with E-state index in [0.29, 0.717) is 12.0 Å². The van der Waals surface area contributed by atoms with Crippen LogP contribution in [0.15, 0.2) is 30.3 Å². The lowest BCUT2D eigenvalue weighted by Gasteiger charge is -2.29. The average Bonchev–Trinajstić information content (AvgIpc) is 2.49. The Morgan fingerprint density at radius 2 is 1.86 bits per heavy atom. The van der Waals surface area contributed by atoms with Crippen LogP contribution in [0, 0.1) is 5.92 Å². The van der Waals surface area contributed by atoms with E-state index in [2.05, 4.69) is 61.3 Å². The molecular weight excluding hydrogens is 260 g/mol. The predicted octanol–water partition coefficient (Wildman–Crippen LogP) is 3.33. The van der Waals surface area contributed by atoms with Crippen LogP contribution in [0.1, 0.15) is 38.8 Å². The Labute approximate surface area is 130 Å². The highest BCUT2D eigenvalue weighted by Crippen LogP contribution is 2.15. The second kappa shape index (κ2) is 10.8. The molecule has 1 aromatic rings. The van der Waals surface area contributed by atoms with Gasteiger partial charge >= 0.3 is 0 Å². The van der Waals surface area contributed by atoms with Crippen LogP contribution in [-0.4, -0.2) is 44.8 Å². The SMILES string of the molecule is CCCNC(CN(CCOC)CC(C)C)c1ccccc1. The first-order valence-corrected chi connectivity index (χ1v) is 8.17. The molecule has 1 rings (SSSR count). The van der Waals surface area contributed by atoms with Crippen molar-refractivity contribution in [1.29, 1.82) is 0 Å². The van der Waals surface area contributed by atoms with Gasteiger partial charge in [-0.1, -0.05) is 51.1 Å². The molecule has 0 heterocycles. The first-order valence-electron chi connectivity index (χ1n) is 8.17. The summed E-state index contributed by atoms with van der Waals surface area (Å²) in [6, 6.07) is 11.2. The number of nitrogens with zero attached hydrogens (tertiary/aromatic N) is 1. The van der Waals surface area contributed by atoms with E-state index in [-0.39, 0.29) is 0 Å². The van der Waals surface area contributed by atoms with E-state index in [0.717, 1.165) is 39.2 Å². The molecule has 1 N–H and O–H groups in total. The average molecular weight is 292 g/mol. The summed E-state index contributed by atoms with van der Waals surface area (Å²) in [5, 5.41) is 3.68. The third-order valence-corrected chi connectivity index (χ3v) is 3.52. The third kappa shape index (κ3) is 7.60. The molecule has 0 aliphatic rings. The Morgan fingerprint density at radius 3 is 2.43 bits per heavy atom. The minimum atomic E-state index is 0.391. The van der Waals surface area contributed by atoms with Crippen LogP contribution in [0.2, 0.25) is 0 Å². The molecule has 120 valence electrons. The van der Waals surface area contributed by atoms with Gasteiger partial charge in [0.1, 0.15) is 0 Å². The fourth-order valence-corrected chi connectivity index (χ4v) is 2.54. The zero-order chi connectivity index (χ0) is 15.5. The lowest BCUT2D eigenvalue weighted by molar-refractivity contribution is 0.132. The largest absolute Gasteiger partial charge is 0.383 e. The molecule has 0 amide bonds. The molecular formula is C18H32N2O. The number of rotatable bonds is 11. The smallest absolute Gasteiger partial charge is 0.0589 e. The molecule has 0 radical (unpaired) electrons. The Bertz CT molecular complexity index is 353. The molecule has 3 nitrogen and oxygen atoms in total. The van der Waals surface area contributed by atoms with Gasteiger partial charge in [-0.05, 0) is 24.4 Å². The molecule has 0 saturated carbocycles. The van der Waals surface area contributed by atoms with Crippen LogP contribution >= 0.6 is 0 Å². The second-order valence-electron chi connectivity index (χ2n) is 6.06. The van der Waals surface area contributed by atoms with Crippen molar-refractivity contribution in [2.75, 3.05) is 39.9 Å². The molecule has 0 aliphatic carbocycles. The van der Waals surface area contributed by atoms with E-state index in [9.17, 15) is 0 Å². The van der Waals surface area contributed by atoms with Gasteiger partial charge in [0.15, 0.2) is 0 Å². The van der Waals surface area contributed by atoms with Crippen molar-refractivity contribution in [3.8, 4) is 0 Å². The number of nitrogens with one attached hydrogen (secondary N) is 1. The highest BCUT2D eigenvalue weighted by Gasteiger charge is 2.16. The summed E-state index contributed by atoms with van der Waals surface area (Å²) in [4.78, 5) is 2.51. The van der Waals surface area contributed by atoms with Crippen molar-refractivity contribution >= 4 is 0 Å². The van der Waals surface area contributed by atoms with Gasteiger partial charge in [0.05, 0.1) is 6.61 Å². The molecule has 3 heteroatoms. The second-order valence-corrected chi connectivity index (χ2v) is 6.06. The fraction of sp³-hybridized carbons (Fsp3) is 0.667. The van der Waals surface area contributed by atoms with Gasteiger partial charge in [-0.25, -0.2) is 0 Å². The number of benzene rings is 1. The molecule has 0 fully saturated rings. The van der Waals surface area contributed by atoms with Crippen molar-refractivity contribution in [3.63, 3.8) is 0 Å². The summed E-state index contributed by atoms with van der Waals surface area (Å²) in [6.45, 7) is 11.7. The predicted molar refractivity (Wildman–Crippen MR) is 90.6 cm³/mol. The normalized spacial score (nSPS) is 13.0. The van der Waals surface area contributed by atoms with E-state index < -0.39 is 0 Å². The lowest BCUT2D eigenvalue weighted by Crippen LogP contribution is -2.39. The van der Waals surface area contributed by atoms with E-state index in [1.54, 1.807) is 7.11 Å². The topological polar surface area (TPSA) is 24.5 Å². The lowest BCUT2D eigenvalue weighted by atomic mass is 10.1. The van der Waals surface area contributed by atoms with Crippen LogP contribution in [0.4, 0.5) is 0 Å². The molecule has 0 spiro atoms. The molecule has 0 aliphatic heterocycles. The molecule has 1 aromatic carbocycles. The van der Waals surface area contributed by atoms with Crippen molar-refractivity contribution in [2.45, 2.75) is 33.2 Å². The van der Waals surface area contributed by atoms with E-state index >= 15 is 0 Å². The van der Waals surface area contributed by atoms with Crippen LogP contribution in [0.25, 0.3) is 0 Å². The minimum Gasteiger partial charge on any atom is -0.383 e. The summed E-state index contributed by atoms with van der Waals surface area (Å²) >= 11 is 0.